The average molecular weight is 653 g/mol. The number of aliphatic imine (C=N–C) groups is 1. The van der Waals surface area contributed by atoms with Crippen LogP contribution in [0.5, 0.6) is 5.75 Å². The molecule has 3 aromatic carbocycles. The van der Waals surface area contributed by atoms with Gasteiger partial charge in [-0.2, -0.15) is 4.99 Å². The fourth-order valence-corrected chi connectivity index (χ4v) is 6.53. The zero-order valence-electron chi connectivity index (χ0n) is 25.5. The molecular formula is C33H35F3N6OS2. The summed E-state index contributed by atoms with van der Waals surface area (Å²) < 4.78 is 42.7. The minimum absolute atomic E-state index is 0.295. The van der Waals surface area contributed by atoms with Crippen LogP contribution in [-0.2, 0) is 6.42 Å². The average Bonchev–Trinajstić information content (AvgIpc) is 3.47. The van der Waals surface area contributed by atoms with Crippen molar-refractivity contribution in [2.45, 2.75) is 58.9 Å². The Morgan fingerprint density at radius 2 is 1.84 bits per heavy atom. The summed E-state index contributed by atoms with van der Waals surface area (Å²) in [6, 6.07) is 20.3. The van der Waals surface area contributed by atoms with Crippen molar-refractivity contribution in [1.82, 2.24) is 20.1 Å². The van der Waals surface area contributed by atoms with Gasteiger partial charge in [-0.25, -0.2) is 9.67 Å². The number of hydrogen-bond acceptors (Lipinski definition) is 5. The van der Waals surface area contributed by atoms with Crippen LogP contribution in [0, 0.1) is 6.92 Å². The number of nitrogens with one attached hydrogen (secondary N) is 1. The Balaban J connectivity index is 1.18. The summed E-state index contributed by atoms with van der Waals surface area (Å²) in [5.74, 6) is 1.61. The zero-order valence-corrected chi connectivity index (χ0v) is 27.1. The number of thiocarbonyl (C=S) groups is 1. The number of ether oxygens (including phenoxy) is 1. The summed E-state index contributed by atoms with van der Waals surface area (Å²) in [6.07, 6.45) is -1.39. The molecule has 1 unspecified atom stereocenters. The van der Waals surface area contributed by atoms with Gasteiger partial charge >= 0.3 is 6.36 Å². The second-order valence-electron chi connectivity index (χ2n) is 11.2. The summed E-state index contributed by atoms with van der Waals surface area (Å²) in [5, 5.41) is 9.18. The van der Waals surface area contributed by atoms with Crippen molar-refractivity contribution in [1.29, 1.82) is 0 Å². The van der Waals surface area contributed by atoms with E-state index in [1.54, 1.807) is 11.8 Å². The number of nitrogens with zero attached hydrogens (tertiary/aromatic N) is 5. The van der Waals surface area contributed by atoms with Crippen LogP contribution in [0.3, 0.4) is 0 Å². The Morgan fingerprint density at radius 1 is 1.11 bits per heavy atom. The first kappa shape index (κ1) is 32.5. The number of benzene rings is 3. The van der Waals surface area contributed by atoms with Gasteiger partial charge in [0.2, 0.25) is 0 Å². The molecule has 0 radical (unpaired) electrons. The van der Waals surface area contributed by atoms with Crippen molar-refractivity contribution in [2.24, 2.45) is 4.99 Å². The predicted octanol–water partition coefficient (Wildman–Crippen LogP) is 8.07. The van der Waals surface area contributed by atoms with Gasteiger partial charge < -0.3 is 15.0 Å². The third-order valence-corrected chi connectivity index (χ3v) is 8.63. The highest BCUT2D eigenvalue weighted by molar-refractivity contribution is 8.14. The molecule has 2 heterocycles. The Kier molecular flexibility index (Phi) is 10.1. The molecule has 4 aromatic rings. The van der Waals surface area contributed by atoms with Crippen molar-refractivity contribution in [3.8, 4) is 22.8 Å². The normalized spacial score (nSPS) is 16.3. The summed E-state index contributed by atoms with van der Waals surface area (Å²) in [4.78, 5) is 11.6. The van der Waals surface area contributed by atoms with E-state index in [1.165, 1.54) is 52.1 Å². The second-order valence-corrected chi connectivity index (χ2v) is 12.6. The highest BCUT2D eigenvalue weighted by Gasteiger charge is 2.31. The lowest BCUT2D eigenvalue weighted by Crippen LogP contribution is -2.42. The number of aromatic nitrogens is 3. The van der Waals surface area contributed by atoms with E-state index in [0.29, 0.717) is 35.1 Å². The molecule has 45 heavy (non-hydrogen) atoms. The Bertz CT molecular complexity index is 1650. The molecule has 1 aliphatic rings. The molecule has 1 atom stereocenters. The topological polar surface area (TPSA) is 67.6 Å². The minimum Gasteiger partial charge on any atom is -0.406 e. The maximum absolute atomic E-state index is 12.4. The Hall–Kier alpha value is -3.90. The van der Waals surface area contributed by atoms with E-state index >= 15 is 0 Å². The molecule has 5 rings (SSSR count). The fourth-order valence-electron chi connectivity index (χ4n) is 5.07. The standard InChI is InChI=1S/C33H35F3N6OS2/c1-21(2)28-14-5-22(3)19-29(28)42-23(4)16-18-45-32(42)39-31(44)37-17-15-24-6-8-25(9-7-24)30-38-20-41(40-30)26-10-12-27(13-11-26)43-33(34,35)36/h5-14,19-21,23H,15-18H2,1-4H3,(H,37,44)/b39-32-. The first-order valence-corrected chi connectivity index (χ1v) is 16.1. The van der Waals surface area contributed by atoms with Crippen molar-refractivity contribution >= 4 is 39.9 Å². The molecule has 236 valence electrons. The fraction of sp³-hybridized carbons (Fsp3) is 0.333. The van der Waals surface area contributed by atoms with Crippen molar-refractivity contribution < 1.29 is 17.9 Å². The zero-order chi connectivity index (χ0) is 32.1. The number of anilines is 1. The van der Waals surface area contributed by atoms with Gasteiger partial charge in [0.25, 0.3) is 0 Å². The predicted molar refractivity (Wildman–Crippen MR) is 180 cm³/mol. The van der Waals surface area contributed by atoms with Crippen LogP contribution in [0.25, 0.3) is 17.1 Å². The number of aryl methyl sites for hydroxylation is 1. The van der Waals surface area contributed by atoms with Crippen LogP contribution < -0.4 is 15.0 Å². The van der Waals surface area contributed by atoms with E-state index in [0.717, 1.165) is 34.9 Å². The van der Waals surface area contributed by atoms with Gasteiger partial charge in [-0.05, 0) is 91.8 Å². The second kappa shape index (κ2) is 14.0. The number of hydrogen-bond donors (Lipinski definition) is 1. The Morgan fingerprint density at radius 3 is 2.53 bits per heavy atom. The van der Waals surface area contributed by atoms with Gasteiger partial charge in [0.15, 0.2) is 16.1 Å². The Labute approximate surface area is 270 Å². The van der Waals surface area contributed by atoms with E-state index in [4.69, 9.17) is 17.2 Å². The van der Waals surface area contributed by atoms with Crippen LogP contribution in [0.2, 0.25) is 0 Å². The van der Waals surface area contributed by atoms with E-state index in [1.807, 2.05) is 24.3 Å². The molecule has 1 aliphatic heterocycles. The number of thioether (sulfide) groups is 1. The van der Waals surface area contributed by atoms with Crippen molar-refractivity contribution in [2.75, 3.05) is 17.2 Å². The van der Waals surface area contributed by atoms with Crippen LogP contribution in [0.4, 0.5) is 18.9 Å². The molecule has 1 saturated heterocycles. The number of halogens is 3. The number of alkyl halides is 3. The largest absolute Gasteiger partial charge is 0.573 e. The molecule has 1 N–H and O–H groups in total. The number of rotatable bonds is 8. The molecule has 0 saturated carbocycles. The van der Waals surface area contributed by atoms with Gasteiger partial charge in [-0.1, -0.05) is 62.0 Å². The highest BCUT2D eigenvalue weighted by Crippen LogP contribution is 2.35. The lowest BCUT2D eigenvalue weighted by Gasteiger charge is -2.37. The molecule has 7 nitrogen and oxygen atoms in total. The van der Waals surface area contributed by atoms with Crippen LogP contribution in [0.15, 0.2) is 78.0 Å². The molecule has 0 bridgehead atoms. The summed E-state index contributed by atoms with van der Waals surface area (Å²) in [6.45, 7) is 9.44. The lowest BCUT2D eigenvalue weighted by molar-refractivity contribution is -0.274. The molecule has 1 fully saturated rings. The van der Waals surface area contributed by atoms with Crippen LogP contribution in [-0.4, -0.2) is 49.7 Å². The third-order valence-electron chi connectivity index (χ3n) is 7.41. The van der Waals surface area contributed by atoms with Crippen molar-refractivity contribution in [3.63, 3.8) is 0 Å². The molecular weight excluding hydrogens is 618 g/mol. The molecule has 12 heteroatoms. The summed E-state index contributed by atoms with van der Waals surface area (Å²) in [5.41, 5.74) is 6.24. The maximum Gasteiger partial charge on any atom is 0.573 e. The molecule has 0 aliphatic carbocycles. The molecule has 1 aromatic heterocycles. The maximum atomic E-state index is 12.4. The van der Waals surface area contributed by atoms with Gasteiger partial charge in [0.05, 0.1) is 5.69 Å². The third kappa shape index (κ3) is 8.43. The van der Waals surface area contributed by atoms with E-state index < -0.39 is 6.36 Å². The van der Waals surface area contributed by atoms with Crippen LogP contribution >= 0.6 is 24.0 Å². The van der Waals surface area contributed by atoms with Gasteiger partial charge in [-0.15, -0.1) is 18.3 Å². The summed E-state index contributed by atoms with van der Waals surface area (Å²) in [7, 11) is 0. The van der Waals surface area contributed by atoms with Gasteiger partial charge in [0, 0.05) is 29.6 Å². The van der Waals surface area contributed by atoms with Gasteiger partial charge in [0.1, 0.15) is 12.1 Å². The van der Waals surface area contributed by atoms with E-state index in [-0.39, 0.29) is 5.75 Å². The minimum atomic E-state index is -4.74. The number of amidine groups is 1. The van der Waals surface area contributed by atoms with Gasteiger partial charge in [-0.3, -0.25) is 0 Å². The summed E-state index contributed by atoms with van der Waals surface area (Å²) >= 11 is 7.39. The van der Waals surface area contributed by atoms with Crippen LogP contribution in [0.1, 0.15) is 49.8 Å². The quantitative estimate of drug-likeness (QED) is 0.193. The van der Waals surface area contributed by atoms with E-state index in [9.17, 15) is 13.2 Å². The SMILES string of the molecule is Cc1ccc(C(C)C)c(N2/C(=N/C(=S)NCCc3ccc(-c4ncn(-c5ccc(OC(F)(F)F)cc5)n4)cc3)SCCC2C)c1. The molecule has 0 amide bonds. The molecule has 0 spiro atoms. The smallest absolute Gasteiger partial charge is 0.406 e. The first-order valence-electron chi connectivity index (χ1n) is 14.7. The first-order chi connectivity index (χ1) is 21.5. The highest BCUT2D eigenvalue weighted by atomic mass is 32.2. The van der Waals surface area contributed by atoms with Crippen molar-refractivity contribution in [3.05, 3.63) is 89.7 Å². The lowest BCUT2D eigenvalue weighted by atomic mass is 9.98. The monoisotopic (exact) mass is 652 g/mol. The van der Waals surface area contributed by atoms with E-state index in [2.05, 4.69) is 70.9 Å².